The molecule has 0 bridgehead atoms. The van der Waals surface area contributed by atoms with Crippen LogP contribution in [0, 0.1) is 5.82 Å². The molecule has 0 radical (unpaired) electrons. The molecule has 2 heterocycles. The van der Waals surface area contributed by atoms with Crippen LogP contribution >= 0.6 is 0 Å². The summed E-state index contributed by atoms with van der Waals surface area (Å²) in [6.07, 6.45) is 2.02. The molecular weight excluding hydrogens is 371 g/mol. The van der Waals surface area contributed by atoms with Crippen molar-refractivity contribution >= 4 is 16.8 Å². The lowest BCUT2D eigenvalue weighted by molar-refractivity contribution is -0.131. The van der Waals surface area contributed by atoms with Crippen LogP contribution in [0.25, 0.3) is 10.9 Å². The molecule has 1 aliphatic heterocycles. The topological polar surface area (TPSA) is 54.6 Å². The first-order valence-corrected chi connectivity index (χ1v) is 9.79. The van der Waals surface area contributed by atoms with Crippen molar-refractivity contribution in [2.45, 2.75) is 31.2 Å². The SMILES string of the molecule is COc1ccc2[nH]c3c(c2c1)C1(CC1)CN(C(C)=O)C3c1c(F)cccc1OC. The maximum absolute atomic E-state index is 15.1. The van der Waals surface area contributed by atoms with Gasteiger partial charge >= 0.3 is 0 Å². The zero-order chi connectivity index (χ0) is 20.3. The predicted octanol–water partition coefficient (Wildman–Crippen LogP) is 4.31. The van der Waals surface area contributed by atoms with Crippen molar-refractivity contribution in [1.29, 1.82) is 0 Å². The molecule has 2 aromatic carbocycles. The third-order valence-electron chi connectivity index (χ3n) is 6.39. The minimum atomic E-state index is -0.566. The van der Waals surface area contributed by atoms with Crippen molar-refractivity contribution in [3.05, 3.63) is 59.0 Å². The van der Waals surface area contributed by atoms with Crippen LogP contribution in [0.2, 0.25) is 0 Å². The Hall–Kier alpha value is -3.02. The summed E-state index contributed by atoms with van der Waals surface area (Å²) >= 11 is 0. The molecule has 1 aromatic heterocycles. The Morgan fingerprint density at radius 2 is 2.00 bits per heavy atom. The molecule has 1 fully saturated rings. The number of methoxy groups -OCH3 is 2. The zero-order valence-corrected chi connectivity index (χ0v) is 16.7. The van der Waals surface area contributed by atoms with Gasteiger partial charge < -0.3 is 19.4 Å². The van der Waals surface area contributed by atoms with E-state index in [0.29, 0.717) is 17.9 Å². The Balaban J connectivity index is 1.82. The molecule has 1 saturated carbocycles. The number of nitrogens with one attached hydrogen (secondary N) is 1. The molecule has 1 spiro atoms. The van der Waals surface area contributed by atoms with E-state index in [2.05, 4.69) is 4.98 Å². The quantitative estimate of drug-likeness (QED) is 0.720. The normalized spacial score (nSPS) is 19.3. The van der Waals surface area contributed by atoms with E-state index in [1.54, 1.807) is 31.1 Å². The Morgan fingerprint density at radius 1 is 1.21 bits per heavy atom. The number of amides is 1. The molecular formula is C23H23FN2O3. The van der Waals surface area contributed by atoms with Crippen molar-refractivity contribution < 1.29 is 18.7 Å². The lowest BCUT2D eigenvalue weighted by Gasteiger charge is -2.40. The van der Waals surface area contributed by atoms with E-state index in [0.717, 1.165) is 35.2 Å². The number of ether oxygens (including phenoxy) is 2. The molecule has 150 valence electrons. The van der Waals surface area contributed by atoms with Gasteiger partial charge in [0.15, 0.2) is 0 Å². The Bertz CT molecular complexity index is 1130. The molecule has 2 aliphatic rings. The molecule has 1 amide bonds. The first-order valence-electron chi connectivity index (χ1n) is 9.79. The van der Waals surface area contributed by atoms with Crippen molar-refractivity contribution in [2.24, 2.45) is 0 Å². The van der Waals surface area contributed by atoms with Gasteiger partial charge in [0.2, 0.25) is 5.91 Å². The number of rotatable bonds is 3. The van der Waals surface area contributed by atoms with Gasteiger partial charge in [0.25, 0.3) is 0 Å². The van der Waals surface area contributed by atoms with E-state index < -0.39 is 6.04 Å². The number of fused-ring (bicyclic) bond motifs is 4. The number of carbonyl (C=O) groups is 1. The highest BCUT2D eigenvalue weighted by atomic mass is 19.1. The van der Waals surface area contributed by atoms with Crippen molar-refractivity contribution in [3.8, 4) is 11.5 Å². The van der Waals surface area contributed by atoms with E-state index in [1.165, 1.54) is 18.7 Å². The molecule has 29 heavy (non-hydrogen) atoms. The van der Waals surface area contributed by atoms with Crippen LogP contribution in [0.3, 0.4) is 0 Å². The van der Waals surface area contributed by atoms with Gasteiger partial charge in [0, 0.05) is 35.5 Å². The number of aromatic nitrogens is 1. The lowest BCUT2D eigenvalue weighted by atomic mass is 9.82. The van der Waals surface area contributed by atoms with Gasteiger partial charge in [-0.05, 0) is 48.7 Å². The molecule has 1 atom stereocenters. The summed E-state index contributed by atoms with van der Waals surface area (Å²) in [6, 6.07) is 10.1. The van der Waals surface area contributed by atoms with Crippen LogP contribution in [0.15, 0.2) is 36.4 Å². The molecule has 5 rings (SSSR count). The number of H-pyrrole nitrogens is 1. The summed E-state index contributed by atoms with van der Waals surface area (Å²) in [5.74, 6) is 0.766. The van der Waals surface area contributed by atoms with Gasteiger partial charge in [-0.3, -0.25) is 4.79 Å². The maximum atomic E-state index is 15.1. The van der Waals surface area contributed by atoms with Crippen LogP contribution in [-0.4, -0.2) is 36.6 Å². The Labute approximate surface area is 168 Å². The van der Waals surface area contributed by atoms with E-state index in [9.17, 15) is 4.79 Å². The molecule has 3 aromatic rings. The van der Waals surface area contributed by atoms with Gasteiger partial charge in [-0.2, -0.15) is 0 Å². The maximum Gasteiger partial charge on any atom is 0.220 e. The zero-order valence-electron chi connectivity index (χ0n) is 16.7. The fourth-order valence-electron chi connectivity index (χ4n) is 4.86. The van der Waals surface area contributed by atoms with Crippen LogP contribution in [0.4, 0.5) is 4.39 Å². The second kappa shape index (κ2) is 6.24. The highest BCUT2D eigenvalue weighted by molar-refractivity contribution is 5.89. The molecule has 5 nitrogen and oxygen atoms in total. The fraction of sp³-hybridized carbons (Fsp3) is 0.348. The van der Waals surface area contributed by atoms with E-state index >= 15 is 4.39 Å². The summed E-state index contributed by atoms with van der Waals surface area (Å²) < 4.78 is 26.0. The first-order chi connectivity index (χ1) is 14.0. The third-order valence-corrected chi connectivity index (χ3v) is 6.39. The van der Waals surface area contributed by atoms with Crippen molar-refractivity contribution in [2.75, 3.05) is 20.8 Å². The Kier molecular flexibility index (Phi) is 3.88. The summed E-state index contributed by atoms with van der Waals surface area (Å²) in [5, 5.41) is 1.08. The lowest BCUT2D eigenvalue weighted by Crippen LogP contribution is -2.44. The van der Waals surface area contributed by atoms with Crippen LogP contribution < -0.4 is 9.47 Å². The number of carbonyl (C=O) groups excluding carboxylic acids is 1. The number of halogens is 1. The highest BCUT2D eigenvalue weighted by Crippen LogP contribution is 2.58. The number of hydrogen-bond donors (Lipinski definition) is 1. The van der Waals surface area contributed by atoms with Gasteiger partial charge in [0.05, 0.1) is 19.8 Å². The van der Waals surface area contributed by atoms with E-state index in [1.807, 2.05) is 18.2 Å². The minimum absolute atomic E-state index is 0.0755. The molecule has 1 N–H and O–H groups in total. The molecule has 1 aliphatic carbocycles. The average molecular weight is 394 g/mol. The second-order valence-electron chi connectivity index (χ2n) is 8.01. The standard InChI is InChI=1S/C23H23FN2O3/c1-13(27)26-12-23(9-10-23)20-15-11-14(28-2)7-8-17(15)25-21(20)22(26)19-16(24)5-4-6-18(19)29-3/h4-8,11,22,25H,9-10,12H2,1-3H3. The van der Waals surface area contributed by atoms with Crippen LogP contribution in [-0.2, 0) is 10.2 Å². The first kappa shape index (κ1) is 18.0. The minimum Gasteiger partial charge on any atom is -0.497 e. The monoisotopic (exact) mass is 394 g/mol. The average Bonchev–Trinajstić information content (AvgIpc) is 3.37. The summed E-state index contributed by atoms with van der Waals surface area (Å²) in [7, 11) is 3.18. The number of benzene rings is 2. The number of nitrogens with zero attached hydrogens (tertiary/aromatic N) is 1. The largest absolute Gasteiger partial charge is 0.497 e. The smallest absolute Gasteiger partial charge is 0.220 e. The third kappa shape index (κ3) is 2.55. The van der Waals surface area contributed by atoms with Gasteiger partial charge in [0.1, 0.15) is 23.4 Å². The fourth-order valence-corrected chi connectivity index (χ4v) is 4.86. The molecule has 6 heteroatoms. The van der Waals surface area contributed by atoms with Crippen LogP contribution in [0.5, 0.6) is 11.5 Å². The Morgan fingerprint density at radius 3 is 2.66 bits per heavy atom. The van der Waals surface area contributed by atoms with Crippen molar-refractivity contribution in [3.63, 3.8) is 0 Å². The predicted molar refractivity (Wildman–Crippen MR) is 108 cm³/mol. The number of aromatic amines is 1. The van der Waals surface area contributed by atoms with Gasteiger partial charge in [-0.25, -0.2) is 4.39 Å². The van der Waals surface area contributed by atoms with Gasteiger partial charge in [-0.1, -0.05) is 6.07 Å². The van der Waals surface area contributed by atoms with Crippen molar-refractivity contribution in [1.82, 2.24) is 9.88 Å². The molecule has 0 saturated heterocycles. The summed E-state index contributed by atoms with van der Waals surface area (Å²) in [4.78, 5) is 17.9. The second-order valence-corrected chi connectivity index (χ2v) is 8.01. The summed E-state index contributed by atoms with van der Waals surface area (Å²) in [6.45, 7) is 2.12. The van der Waals surface area contributed by atoms with Gasteiger partial charge in [-0.15, -0.1) is 0 Å². The number of hydrogen-bond acceptors (Lipinski definition) is 3. The van der Waals surface area contributed by atoms with Crippen LogP contribution in [0.1, 0.15) is 42.6 Å². The van der Waals surface area contributed by atoms with E-state index in [-0.39, 0.29) is 17.1 Å². The van der Waals surface area contributed by atoms with E-state index in [4.69, 9.17) is 9.47 Å². The highest BCUT2D eigenvalue weighted by Gasteiger charge is 2.55. The summed E-state index contributed by atoms with van der Waals surface area (Å²) in [5.41, 5.74) is 3.32. The molecule has 1 unspecified atom stereocenters.